The summed E-state index contributed by atoms with van der Waals surface area (Å²) in [4.78, 5) is 192. The number of fused-ring (bicyclic) bond motifs is 1. The molecule has 0 bridgehead atoms. The lowest BCUT2D eigenvalue weighted by Crippen LogP contribution is -2.72. The van der Waals surface area contributed by atoms with Gasteiger partial charge in [0.05, 0.1) is 25.9 Å². The number of rotatable bonds is 23. The fraction of sp³-hybridized carbons (Fsp3) is 0.831. The summed E-state index contributed by atoms with van der Waals surface area (Å²) in [7, 11) is 8.59. The average Bonchev–Trinajstić information content (AvgIpc) is 0.755. The van der Waals surface area contributed by atoms with Crippen LogP contribution in [0.1, 0.15) is 182 Å². The highest BCUT2D eigenvalue weighted by atomic mass is 16.7. The highest BCUT2D eigenvalue weighted by Gasteiger charge is 2.55. The van der Waals surface area contributed by atoms with E-state index in [1.165, 1.54) is 92.5 Å². The zero-order valence-electron chi connectivity index (χ0n) is 64.1. The molecule has 3 fully saturated rings. The zero-order valence-corrected chi connectivity index (χ0v) is 64.1. The van der Waals surface area contributed by atoms with Crippen LogP contribution in [0.3, 0.4) is 0 Å². The summed E-state index contributed by atoms with van der Waals surface area (Å²) in [5.41, 5.74) is 0. The Bertz CT molecular complexity index is 2710. The van der Waals surface area contributed by atoms with Gasteiger partial charge in [-0.15, -0.1) is 0 Å². The second-order valence-corrected chi connectivity index (χ2v) is 29.5. The van der Waals surface area contributed by atoms with Gasteiger partial charge in [0.1, 0.15) is 66.5 Å². The number of amides is 11. The SMILES string of the molecule is CCOC(=O)CCCC[C@@H](C)[C@H]1ON2C(=O)[C@H](C(C)C)N(C)C(=O)[C@H](CC(C)C)N(C)C(=O)[C@H](CC(C)C)N(C)C(=O)[C@@H](C)NC(=O)[C@H](C)NC(=O)[C@H](CC(C)C)N(C)C(=O)[C@H](C(C)C)NC(=O)[C@H]([C@@H](C)OCCCCN3CCOCC3)N(C)C(=O)[C@@H](C)N(C)C(=O)[C@H](CC)NC(=O)[C@H]12. The predicted molar refractivity (Wildman–Crippen MR) is 374 cm³/mol. The minimum Gasteiger partial charge on any atom is -0.466 e. The number of nitrogens with zero attached hydrogens (tertiary/aromatic N) is 8. The van der Waals surface area contributed by atoms with Gasteiger partial charge < -0.3 is 64.9 Å². The Hall–Kier alpha value is -6.52. The lowest BCUT2D eigenvalue weighted by atomic mass is 9.88. The van der Waals surface area contributed by atoms with Crippen molar-refractivity contribution in [2.75, 3.05) is 88.3 Å². The second-order valence-electron chi connectivity index (χ2n) is 29.5. The standard InChI is InChI=1S/C71H126N12O16/c1-24-51-67(91)76(18)49(16)66(90)81(23)58(50(17)98-35-29-28-32-82-33-36-96-37-34-82)63(87)75-56(44(9)10)70(94)77(19)52(38-41(3)4)62(86)72-47(14)61(85)73-48(15)65(89)78(20)53(39-42(5)6)68(92)79(21)54(40-43(7)8)69(93)80(22)57(45(11)12)71(95)83-59(64(88)74-51)60(99-83)46(13)30-26-27-31-55(84)97-25-2/h41-54,56-60H,24-40H2,1-23H3,(H,72,86)(H,73,85)(H,74,88)(H,75,87)/t46-,47+,48-,49-,50-,51+,52+,53+,54+,56+,57+,58+,59+,60-/m1/s1. The third kappa shape index (κ3) is 24.3. The Morgan fingerprint density at radius 1 is 0.515 bits per heavy atom. The molecule has 14 atom stereocenters. The first-order valence-corrected chi connectivity index (χ1v) is 36.2. The third-order valence-electron chi connectivity index (χ3n) is 19.3. The number of hydrogen-bond acceptors (Lipinski definition) is 17. The largest absolute Gasteiger partial charge is 0.466 e. The maximum absolute atomic E-state index is 15.3. The molecule has 0 unspecified atom stereocenters. The topological polar surface area (TPSA) is 316 Å². The first-order chi connectivity index (χ1) is 46.3. The van der Waals surface area contributed by atoms with E-state index in [-0.39, 0.29) is 69.0 Å². The maximum Gasteiger partial charge on any atom is 0.305 e. The van der Waals surface area contributed by atoms with Gasteiger partial charge in [-0.05, 0) is 128 Å². The van der Waals surface area contributed by atoms with Crippen LogP contribution in [0.2, 0.25) is 0 Å². The Kier molecular flexibility index (Phi) is 35.7. The molecule has 0 radical (unpaired) electrons. The van der Waals surface area contributed by atoms with E-state index in [1.54, 1.807) is 48.5 Å². The van der Waals surface area contributed by atoms with Crippen molar-refractivity contribution in [3.05, 3.63) is 0 Å². The Morgan fingerprint density at radius 3 is 1.58 bits per heavy atom. The van der Waals surface area contributed by atoms with Gasteiger partial charge in [-0.3, -0.25) is 67.3 Å². The molecule has 0 aromatic carbocycles. The Balaban J connectivity index is 2.29. The van der Waals surface area contributed by atoms with E-state index >= 15 is 28.8 Å². The van der Waals surface area contributed by atoms with E-state index < -0.39 is 161 Å². The number of likely N-dealkylation sites (N-methyl/N-ethyl adjacent to an activating group) is 6. The molecular formula is C71H126N12O16. The van der Waals surface area contributed by atoms with Crippen molar-refractivity contribution in [3.8, 4) is 0 Å². The summed E-state index contributed by atoms with van der Waals surface area (Å²) in [5.74, 6) is -10.0. The lowest BCUT2D eigenvalue weighted by Gasteiger charge is -2.50. The summed E-state index contributed by atoms with van der Waals surface area (Å²) < 4.78 is 17.0. The van der Waals surface area contributed by atoms with E-state index in [4.69, 9.17) is 19.0 Å². The van der Waals surface area contributed by atoms with Crippen molar-refractivity contribution in [2.45, 2.75) is 261 Å². The van der Waals surface area contributed by atoms with Crippen molar-refractivity contribution in [1.82, 2.24) is 60.6 Å². The Labute approximate surface area is 590 Å². The summed E-state index contributed by atoms with van der Waals surface area (Å²) in [6.45, 7) is 33.5. The molecule has 4 N–H and O–H groups in total. The number of morpholine rings is 1. The third-order valence-corrected chi connectivity index (χ3v) is 19.3. The van der Waals surface area contributed by atoms with Gasteiger partial charge in [-0.1, -0.05) is 89.5 Å². The van der Waals surface area contributed by atoms with E-state index in [2.05, 4.69) is 26.2 Å². The monoisotopic (exact) mass is 1400 g/mol. The zero-order chi connectivity index (χ0) is 75.2. The Morgan fingerprint density at radius 2 is 1.04 bits per heavy atom. The van der Waals surface area contributed by atoms with Crippen LogP contribution in [0.4, 0.5) is 0 Å². The van der Waals surface area contributed by atoms with Crippen molar-refractivity contribution < 1.29 is 76.6 Å². The molecule has 0 spiro atoms. The molecule has 99 heavy (non-hydrogen) atoms. The molecule has 3 aliphatic rings. The van der Waals surface area contributed by atoms with Crippen molar-refractivity contribution >= 4 is 70.9 Å². The summed E-state index contributed by atoms with van der Waals surface area (Å²) in [5, 5.41) is 12.1. The molecule has 3 rings (SSSR count). The maximum atomic E-state index is 15.3. The predicted octanol–water partition coefficient (Wildman–Crippen LogP) is 3.61. The number of carbonyl (C=O) groups is 12. The molecule has 3 saturated heterocycles. The fourth-order valence-corrected chi connectivity index (χ4v) is 13.1. The molecule has 566 valence electrons. The first kappa shape index (κ1) is 86.7. The van der Waals surface area contributed by atoms with Crippen LogP contribution < -0.4 is 21.3 Å². The van der Waals surface area contributed by atoms with Crippen molar-refractivity contribution in [1.29, 1.82) is 0 Å². The number of esters is 1. The summed E-state index contributed by atoms with van der Waals surface area (Å²) in [6, 6.07) is -13.9. The van der Waals surface area contributed by atoms with Gasteiger partial charge in [-0.25, -0.2) is 5.06 Å². The van der Waals surface area contributed by atoms with E-state index in [0.717, 1.165) is 31.1 Å². The van der Waals surface area contributed by atoms with E-state index in [9.17, 15) is 28.8 Å². The van der Waals surface area contributed by atoms with Gasteiger partial charge in [-0.2, -0.15) is 0 Å². The number of unbranched alkanes of at least 4 members (excludes halogenated alkanes) is 2. The smallest absolute Gasteiger partial charge is 0.305 e. The lowest BCUT2D eigenvalue weighted by molar-refractivity contribution is -0.322. The molecular weight excluding hydrogens is 1280 g/mol. The normalized spacial score (nSPS) is 27.6. The van der Waals surface area contributed by atoms with Gasteiger partial charge in [0.2, 0.25) is 59.1 Å². The van der Waals surface area contributed by atoms with Crippen LogP contribution in [-0.4, -0.2) is 277 Å². The molecule has 0 aromatic rings. The molecule has 0 aliphatic carbocycles. The van der Waals surface area contributed by atoms with Gasteiger partial charge in [0.25, 0.3) is 5.91 Å². The second kappa shape index (κ2) is 40.8. The van der Waals surface area contributed by atoms with E-state index in [0.29, 0.717) is 38.9 Å². The van der Waals surface area contributed by atoms with E-state index in [1.807, 2.05) is 48.5 Å². The molecule has 0 saturated carbocycles. The molecule has 0 aromatic heterocycles. The minimum atomic E-state index is -1.40. The van der Waals surface area contributed by atoms with Crippen molar-refractivity contribution in [3.63, 3.8) is 0 Å². The van der Waals surface area contributed by atoms with Crippen LogP contribution >= 0.6 is 0 Å². The molecule has 28 heteroatoms. The number of ether oxygens (including phenoxy) is 3. The molecule has 28 nitrogen and oxygen atoms in total. The fourth-order valence-electron chi connectivity index (χ4n) is 13.1. The van der Waals surface area contributed by atoms with Gasteiger partial charge in [0.15, 0.2) is 6.04 Å². The van der Waals surface area contributed by atoms with Crippen LogP contribution in [0.15, 0.2) is 0 Å². The molecule has 3 heterocycles. The molecule has 11 amide bonds. The minimum absolute atomic E-state index is 0.0197. The van der Waals surface area contributed by atoms with Crippen LogP contribution in [0.5, 0.6) is 0 Å². The van der Waals surface area contributed by atoms with Gasteiger partial charge >= 0.3 is 5.97 Å². The highest BCUT2D eigenvalue weighted by Crippen LogP contribution is 2.34. The van der Waals surface area contributed by atoms with Gasteiger partial charge in [0, 0.05) is 68.4 Å². The van der Waals surface area contributed by atoms with Crippen LogP contribution in [-0.2, 0) is 76.6 Å². The number of nitrogens with one attached hydrogen (secondary N) is 4. The summed E-state index contributed by atoms with van der Waals surface area (Å²) >= 11 is 0. The molecule has 3 aliphatic heterocycles. The average molecular weight is 1400 g/mol. The highest BCUT2D eigenvalue weighted by molar-refractivity contribution is 6.00. The number of carbonyl (C=O) groups excluding carboxylic acids is 12. The number of hydroxylamine groups is 2. The van der Waals surface area contributed by atoms with Crippen LogP contribution in [0.25, 0.3) is 0 Å². The van der Waals surface area contributed by atoms with Crippen molar-refractivity contribution in [2.24, 2.45) is 35.5 Å². The van der Waals surface area contributed by atoms with Crippen LogP contribution in [0, 0.1) is 35.5 Å². The first-order valence-electron chi connectivity index (χ1n) is 36.2. The number of hydrogen-bond donors (Lipinski definition) is 4. The quantitative estimate of drug-likeness (QED) is 0.0839. The summed E-state index contributed by atoms with van der Waals surface area (Å²) in [6.07, 6.45) is 1.53.